The van der Waals surface area contributed by atoms with E-state index in [0.29, 0.717) is 5.92 Å². The zero-order chi connectivity index (χ0) is 14.7. The van der Waals surface area contributed by atoms with Gasteiger partial charge in [-0.1, -0.05) is 60.1 Å². The van der Waals surface area contributed by atoms with E-state index in [2.05, 4.69) is 59.1 Å². The summed E-state index contributed by atoms with van der Waals surface area (Å²) >= 11 is 5.09. The Bertz CT molecular complexity index is 477. The number of nitrogens with one attached hydrogen (secondary N) is 1. The van der Waals surface area contributed by atoms with Crippen LogP contribution in [0.5, 0.6) is 0 Å². The van der Waals surface area contributed by atoms with E-state index in [1.165, 1.54) is 5.56 Å². The lowest BCUT2D eigenvalue weighted by molar-refractivity contribution is 0.144. The van der Waals surface area contributed by atoms with Crippen LogP contribution in [0.1, 0.15) is 38.8 Å². The van der Waals surface area contributed by atoms with Gasteiger partial charge in [-0.3, -0.25) is 4.99 Å². The minimum absolute atomic E-state index is 0.0842. The number of thioether (sulfide) groups is 1. The summed E-state index contributed by atoms with van der Waals surface area (Å²) < 4.78 is 1.07. The molecule has 3 nitrogen and oxygen atoms in total. The number of rotatable bonds is 4. The van der Waals surface area contributed by atoms with Crippen molar-refractivity contribution in [1.82, 2.24) is 5.32 Å². The number of benzene rings is 1. The Morgan fingerprint density at radius 1 is 1.35 bits per heavy atom. The molecule has 0 saturated carbocycles. The lowest BCUT2D eigenvalue weighted by Crippen LogP contribution is -2.34. The van der Waals surface area contributed by atoms with Crippen molar-refractivity contribution in [3.05, 3.63) is 34.3 Å². The number of aliphatic imine (C=N–C) groups is 1. The van der Waals surface area contributed by atoms with Crippen LogP contribution < -0.4 is 5.32 Å². The highest BCUT2D eigenvalue weighted by atomic mass is 79.9. The summed E-state index contributed by atoms with van der Waals surface area (Å²) in [5.74, 6) is 0.471. The minimum Gasteiger partial charge on any atom is -0.373 e. The quantitative estimate of drug-likeness (QED) is 0.858. The molecule has 2 N–H and O–H groups in total. The third-order valence-electron chi connectivity index (χ3n) is 3.70. The van der Waals surface area contributed by atoms with E-state index < -0.39 is 6.23 Å². The molecular formula is C15H21BrN2OS. The van der Waals surface area contributed by atoms with E-state index in [9.17, 15) is 5.11 Å². The van der Waals surface area contributed by atoms with Crippen molar-refractivity contribution in [2.45, 2.75) is 44.7 Å². The van der Waals surface area contributed by atoms with Gasteiger partial charge in [0.15, 0.2) is 5.17 Å². The highest BCUT2D eigenvalue weighted by molar-refractivity contribution is 9.10. The second-order valence-electron chi connectivity index (χ2n) is 5.22. The molecule has 1 saturated heterocycles. The molecule has 4 atom stereocenters. The number of aliphatic hydroxyl groups excluding tert-OH is 1. The van der Waals surface area contributed by atoms with Crippen LogP contribution in [0, 0.1) is 5.92 Å². The fraction of sp³-hybridized carbons (Fsp3) is 0.533. The van der Waals surface area contributed by atoms with Gasteiger partial charge in [0.05, 0.1) is 11.3 Å². The van der Waals surface area contributed by atoms with E-state index in [-0.39, 0.29) is 11.3 Å². The molecule has 1 heterocycles. The van der Waals surface area contributed by atoms with Crippen molar-refractivity contribution in [3.8, 4) is 0 Å². The number of nitrogens with zero attached hydrogens (tertiary/aromatic N) is 1. The summed E-state index contributed by atoms with van der Waals surface area (Å²) in [6.45, 7) is 6.39. The average Bonchev–Trinajstić information content (AvgIpc) is 2.79. The van der Waals surface area contributed by atoms with Crippen LogP contribution in [-0.2, 0) is 0 Å². The Hall–Kier alpha value is -0.520. The van der Waals surface area contributed by atoms with Crippen molar-refractivity contribution in [3.63, 3.8) is 0 Å². The van der Waals surface area contributed by atoms with Crippen LogP contribution in [0.4, 0.5) is 0 Å². The van der Waals surface area contributed by atoms with Gasteiger partial charge >= 0.3 is 0 Å². The number of hydrogen-bond acceptors (Lipinski definition) is 3. The van der Waals surface area contributed by atoms with Crippen molar-refractivity contribution in [2.24, 2.45) is 10.9 Å². The van der Waals surface area contributed by atoms with Crippen LogP contribution >= 0.6 is 27.7 Å². The lowest BCUT2D eigenvalue weighted by Gasteiger charge is -2.18. The van der Waals surface area contributed by atoms with E-state index >= 15 is 0 Å². The van der Waals surface area contributed by atoms with Gasteiger partial charge in [0.25, 0.3) is 0 Å². The lowest BCUT2D eigenvalue weighted by atomic mass is 10.0. The Morgan fingerprint density at radius 2 is 2.00 bits per heavy atom. The molecule has 0 amide bonds. The third-order valence-corrected chi connectivity index (χ3v) is 5.67. The van der Waals surface area contributed by atoms with Crippen LogP contribution in [0.2, 0.25) is 0 Å². The Labute approximate surface area is 133 Å². The summed E-state index contributed by atoms with van der Waals surface area (Å²) in [6.07, 6.45) is 0.567. The fourth-order valence-corrected chi connectivity index (χ4v) is 3.71. The molecule has 0 spiro atoms. The smallest absolute Gasteiger partial charge is 0.159 e. The average molecular weight is 357 g/mol. The van der Waals surface area contributed by atoms with Crippen molar-refractivity contribution in [1.29, 1.82) is 0 Å². The predicted molar refractivity (Wildman–Crippen MR) is 90.0 cm³/mol. The highest BCUT2D eigenvalue weighted by Crippen LogP contribution is 2.32. The second kappa shape index (κ2) is 6.96. The zero-order valence-electron chi connectivity index (χ0n) is 12.0. The largest absolute Gasteiger partial charge is 0.373 e. The fourth-order valence-electron chi connectivity index (χ4n) is 2.16. The van der Waals surface area contributed by atoms with Gasteiger partial charge in [0.1, 0.15) is 6.23 Å². The molecule has 1 aliphatic rings. The monoisotopic (exact) mass is 356 g/mol. The first-order valence-corrected chi connectivity index (χ1v) is 8.63. The summed E-state index contributed by atoms with van der Waals surface area (Å²) in [5.41, 5.74) is 1.17. The molecule has 110 valence electrons. The Balaban J connectivity index is 2.06. The molecule has 1 aromatic carbocycles. The molecule has 5 heteroatoms. The van der Waals surface area contributed by atoms with E-state index in [1.807, 2.05) is 12.1 Å². The van der Waals surface area contributed by atoms with Gasteiger partial charge in [-0.2, -0.15) is 0 Å². The molecule has 2 rings (SSSR count). The van der Waals surface area contributed by atoms with Crippen molar-refractivity contribution < 1.29 is 5.11 Å². The summed E-state index contributed by atoms with van der Waals surface area (Å²) in [6, 6.07) is 8.28. The molecule has 0 aliphatic carbocycles. The normalized spacial score (nSPS) is 27.4. The molecule has 0 bridgehead atoms. The summed E-state index contributed by atoms with van der Waals surface area (Å²) in [7, 11) is 0. The molecular weight excluding hydrogens is 336 g/mol. The molecule has 1 aromatic rings. The van der Waals surface area contributed by atoms with E-state index in [1.54, 1.807) is 11.8 Å². The first-order valence-electron chi connectivity index (χ1n) is 6.95. The number of aliphatic hydroxyl groups is 1. The molecule has 20 heavy (non-hydrogen) atoms. The van der Waals surface area contributed by atoms with Crippen LogP contribution in [0.15, 0.2) is 33.7 Å². The summed E-state index contributed by atoms with van der Waals surface area (Å²) in [4.78, 5) is 4.69. The van der Waals surface area contributed by atoms with Gasteiger partial charge in [-0.15, -0.1) is 0 Å². The molecule has 0 aromatic heterocycles. The standard InChI is InChI=1S/C15H21BrN2OS/c1-4-9(2)13-14(19)18-15(20-13)17-10(3)11-5-7-12(16)8-6-11/h5-10,13-14,19H,4H2,1-3H3,(H,17,18)/t9?,10-,13?,14?/m0/s1. The molecule has 0 radical (unpaired) electrons. The maximum absolute atomic E-state index is 10.1. The van der Waals surface area contributed by atoms with E-state index in [0.717, 1.165) is 16.1 Å². The first-order chi connectivity index (χ1) is 9.51. The van der Waals surface area contributed by atoms with E-state index in [4.69, 9.17) is 0 Å². The SMILES string of the molecule is CCC(C)C1SC(=N[C@@H](C)c2ccc(Br)cc2)NC1O. The zero-order valence-corrected chi connectivity index (χ0v) is 14.4. The Kier molecular flexibility index (Phi) is 5.52. The van der Waals surface area contributed by atoms with Gasteiger partial charge in [0, 0.05) is 4.47 Å². The van der Waals surface area contributed by atoms with Crippen molar-refractivity contribution in [2.75, 3.05) is 0 Å². The van der Waals surface area contributed by atoms with Crippen LogP contribution in [-0.4, -0.2) is 21.8 Å². The highest BCUT2D eigenvalue weighted by Gasteiger charge is 2.33. The molecule has 1 fully saturated rings. The number of hydrogen-bond donors (Lipinski definition) is 2. The maximum Gasteiger partial charge on any atom is 0.159 e. The van der Waals surface area contributed by atoms with Crippen LogP contribution in [0.3, 0.4) is 0 Å². The summed E-state index contributed by atoms with van der Waals surface area (Å²) in [5, 5.41) is 14.2. The number of amidine groups is 1. The van der Waals surface area contributed by atoms with Crippen molar-refractivity contribution >= 4 is 32.9 Å². The van der Waals surface area contributed by atoms with Gasteiger partial charge in [0.2, 0.25) is 0 Å². The van der Waals surface area contributed by atoms with Gasteiger partial charge in [-0.25, -0.2) is 0 Å². The van der Waals surface area contributed by atoms with Gasteiger partial charge < -0.3 is 10.4 Å². The topological polar surface area (TPSA) is 44.6 Å². The number of halogens is 1. The second-order valence-corrected chi connectivity index (χ2v) is 7.30. The minimum atomic E-state index is -0.495. The Morgan fingerprint density at radius 3 is 2.60 bits per heavy atom. The van der Waals surface area contributed by atoms with Crippen LogP contribution in [0.25, 0.3) is 0 Å². The van der Waals surface area contributed by atoms with Gasteiger partial charge in [-0.05, 0) is 30.5 Å². The first kappa shape index (κ1) is 15.9. The maximum atomic E-state index is 10.1. The third kappa shape index (κ3) is 3.77. The molecule has 1 aliphatic heterocycles. The molecule has 3 unspecified atom stereocenters. The predicted octanol–water partition coefficient (Wildman–Crippen LogP) is 3.94.